The predicted molar refractivity (Wildman–Crippen MR) is 59.2 cm³/mol. The Balaban J connectivity index is 2.43. The molecular weight excluding hydrogens is 280 g/mol. The lowest BCUT2D eigenvalue weighted by molar-refractivity contribution is 0.312. The van der Waals surface area contributed by atoms with Gasteiger partial charge in [0.15, 0.2) is 0 Å². The third-order valence-electron chi connectivity index (χ3n) is 2.45. The number of benzene rings is 1. The summed E-state index contributed by atoms with van der Waals surface area (Å²) >= 11 is 2.04. The highest BCUT2D eigenvalue weighted by Gasteiger charge is 2.14. The molecule has 0 N–H and O–H groups in total. The van der Waals surface area contributed by atoms with Gasteiger partial charge in [-0.05, 0) is 59.3 Å². The largest absolute Gasteiger partial charge is 0.302 e. The van der Waals surface area contributed by atoms with Crippen molar-refractivity contribution in [1.29, 1.82) is 0 Å². The van der Waals surface area contributed by atoms with Gasteiger partial charge in [-0.15, -0.1) is 0 Å². The van der Waals surface area contributed by atoms with Gasteiger partial charge in [-0.2, -0.15) is 0 Å². The Bertz CT molecular complexity index is 338. The van der Waals surface area contributed by atoms with Crippen LogP contribution in [0.4, 0.5) is 4.39 Å². The zero-order chi connectivity index (χ0) is 9.42. The maximum absolute atomic E-state index is 13.2. The minimum absolute atomic E-state index is 0.0797. The van der Waals surface area contributed by atoms with Crippen LogP contribution in [0.2, 0.25) is 0 Å². The average Bonchev–Trinajstić information content (AvgIpc) is 2.08. The van der Waals surface area contributed by atoms with E-state index in [0.717, 1.165) is 23.1 Å². The van der Waals surface area contributed by atoms with Crippen LogP contribution < -0.4 is 0 Å². The molecule has 0 radical (unpaired) electrons. The maximum atomic E-state index is 13.2. The van der Waals surface area contributed by atoms with E-state index < -0.39 is 0 Å². The number of rotatable bonds is 0. The van der Waals surface area contributed by atoms with E-state index in [-0.39, 0.29) is 5.82 Å². The first-order valence-corrected chi connectivity index (χ1v) is 5.40. The monoisotopic (exact) mass is 291 g/mol. The Kier molecular flexibility index (Phi) is 2.55. The third kappa shape index (κ3) is 1.86. The van der Waals surface area contributed by atoms with Crippen LogP contribution in [0.3, 0.4) is 0 Å². The number of likely N-dealkylation sites (N-methyl/N-ethyl adjacent to an activating group) is 1. The number of hydrogen-bond acceptors (Lipinski definition) is 1. The van der Waals surface area contributed by atoms with E-state index in [2.05, 4.69) is 11.9 Å². The molecule has 1 nitrogen and oxygen atoms in total. The Hall–Kier alpha value is -0.160. The van der Waals surface area contributed by atoms with Crippen LogP contribution in [0, 0.1) is 9.39 Å². The highest BCUT2D eigenvalue weighted by atomic mass is 127. The second kappa shape index (κ2) is 3.53. The Morgan fingerprint density at radius 2 is 2.15 bits per heavy atom. The average molecular weight is 291 g/mol. The van der Waals surface area contributed by atoms with Gasteiger partial charge in [0.25, 0.3) is 0 Å². The lowest BCUT2D eigenvalue weighted by Crippen LogP contribution is -2.26. The smallest absolute Gasteiger partial charge is 0.136 e. The topological polar surface area (TPSA) is 3.24 Å². The molecule has 1 heterocycles. The standard InChI is InChI=1S/C10H11FIN/c1-13-3-2-7-4-9(11)10(12)5-8(7)6-13/h4-5H,2-3,6H2,1H3. The van der Waals surface area contributed by atoms with Gasteiger partial charge in [-0.1, -0.05) is 0 Å². The molecule has 1 aromatic rings. The second-order valence-electron chi connectivity index (χ2n) is 3.52. The zero-order valence-electron chi connectivity index (χ0n) is 7.48. The number of fused-ring (bicyclic) bond motifs is 1. The highest BCUT2D eigenvalue weighted by Crippen LogP contribution is 2.22. The van der Waals surface area contributed by atoms with Crippen molar-refractivity contribution in [1.82, 2.24) is 4.90 Å². The fourth-order valence-corrected chi connectivity index (χ4v) is 2.22. The summed E-state index contributed by atoms with van der Waals surface area (Å²) < 4.78 is 13.9. The van der Waals surface area contributed by atoms with Crippen molar-refractivity contribution < 1.29 is 4.39 Å². The van der Waals surface area contributed by atoms with Crippen LogP contribution in [0.15, 0.2) is 12.1 Å². The molecule has 0 unspecified atom stereocenters. The van der Waals surface area contributed by atoms with E-state index in [0.29, 0.717) is 0 Å². The van der Waals surface area contributed by atoms with Crippen molar-refractivity contribution in [2.45, 2.75) is 13.0 Å². The lowest BCUT2D eigenvalue weighted by atomic mass is 10.0. The van der Waals surface area contributed by atoms with E-state index in [9.17, 15) is 4.39 Å². The number of hydrogen-bond donors (Lipinski definition) is 0. The van der Waals surface area contributed by atoms with Crippen molar-refractivity contribution in [3.05, 3.63) is 32.6 Å². The summed E-state index contributed by atoms with van der Waals surface area (Å²) in [5, 5.41) is 0. The van der Waals surface area contributed by atoms with E-state index in [1.807, 2.05) is 28.7 Å². The van der Waals surface area contributed by atoms with E-state index in [4.69, 9.17) is 0 Å². The van der Waals surface area contributed by atoms with Gasteiger partial charge in [-0.3, -0.25) is 0 Å². The van der Waals surface area contributed by atoms with Crippen molar-refractivity contribution in [3.8, 4) is 0 Å². The Morgan fingerprint density at radius 3 is 2.92 bits per heavy atom. The predicted octanol–water partition coefficient (Wildman–Crippen LogP) is 2.42. The second-order valence-corrected chi connectivity index (χ2v) is 4.69. The molecule has 1 aliphatic rings. The van der Waals surface area contributed by atoms with Gasteiger partial charge in [0.1, 0.15) is 5.82 Å². The third-order valence-corrected chi connectivity index (χ3v) is 3.27. The van der Waals surface area contributed by atoms with E-state index >= 15 is 0 Å². The summed E-state index contributed by atoms with van der Waals surface area (Å²) in [6.07, 6.45) is 0.972. The molecule has 0 amide bonds. The molecular formula is C10H11FIN. The van der Waals surface area contributed by atoms with Crippen LogP contribution >= 0.6 is 22.6 Å². The van der Waals surface area contributed by atoms with Crippen molar-refractivity contribution in [2.75, 3.05) is 13.6 Å². The minimum atomic E-state index is -0.0797. The molecule has 2 rings (SSSR count). The molecule has 0 saturated carbocycles. The molecule has 70 valence electrons. The molecule has 1 aromatic carbocycles. The fraction of sp³-hybridized carbons (Fsp3) is 0.400. The molecule has 0 fully saturated rings. The molecule has 0 bridgehead atoms. The summed E-state index contributed by atoms with van der Waals surface area (Å²) in [6, 6.07) is 3.64. The van der Waals surface area contributed by atoms with Crippen molar-refractivity contribution in [3.63, 3.8) is 0 Å². The van der Waals surface area contributed by atoms with Crippen molar-refractivity contribution in [2.24, 2.45) is 0 Å². The Morgan fingerprint density at radius 1 is 1.38 bits per heavy atom. The van der Waals surface area contributed by atoms with Gasteiger partial charge in [-0.25, -0.2) is 4.39 Å². The highest BCUT2D eigenvalue weighted by molar-refractivity contribution is 14.1. The summed E-state index contributed by atoms with van der Waals surface area (Å²) in [7, 11) is 2.10. The first-order valence-electron chi connectivity index (χ1n) is 4.32. The zero-order valence-corrected chi connectivity index (χ0v) is 9.64. The first-order chi connectivity index (χ1) is 6.16. The van der Waals surface area contributed by atoms with Crippen molar-refractivity contribution >= 4 is 22.6 Å². The van der Waals surface area contributed by atoms with Gasteiger partial charge in [0.05, 0.1) is 0 Å². The molecule has 0 saturated heterocycles. The fourth-order valence-electron chi connectivity index (χ4n) is 1.69. The van der Waals surface area contributed by atoms with Crippen LogP contribution in [0.1, 0.15) is 11.1 Å². The van der Waals surface area contributed by atoms with Crippen LogP contribution in [0.5, 0.6) is 0 Å². The van der Waals surface area contributed by atoms with Gasteiger partial charge >= 0.3 is 0 Å². The van der Waals surface area contributed by atoms with Crippen LogP contribution in [-0.2, 0) is 13.0 Å². The van der Waals surface area contributed by atoms with E-state index in [1.165, 1.54) is 11.1 Å². The normalized spacial score (nSPS) is 17.2. The van der Waals surface area contributed by atoms with Gasteiger partial charge in [0.2, 0.25) is 0 Å². The molecule has 3 heteroatoms. The molecule has 0 aliphatic carbocycles. The maximum Gasteiger partial charge on any atom is 0.136 e. The Labute approximate surface area is 91.1 Å². The summed E-state index contributed by atoms with van der Waals surface area (Å²) in [5.74, 6) is -0.0797. The lowest BCUT2D eigenvalue weighted by Gasteiger charge is -2.25. The van der Waals surface area contributed by atoms with Crippen LogP contribution in [0.25, 0.3) is 0 Å². The number of halogens is 2. The first kappa shape index (κ1) is 9.40. The van der Waals surface area contributed by atoms with Gasteiger partial charge < -0.3 is 4.90 Å². The molecule has 13 heavy (non-hydrogen) atoms. The van der Waals surface area contributed by atoms with E-state index in [1.54, 1.807) is 6.07 Å². The molecule has 0 spiro atoms. The minimum Gasteiger partial charge on any atom is -0.302 e. The SMILES string of the molecule is CN1CCc2cc(F)c(I)cc2C1. The quantitative estimate of drug-likeness (QED) is 0.664. The number of nitrogens with zero attached hydrogens (tertiary/aromatic N) is 1. The summed E-state index contributed by atoms with van der Waals surface area (Å²) in [6.45, 7) is 1.98. The molecule has 1 aliphatic heterocycles. The van der Waals surface area contributed by atoms with Gasteiger partial charge in [0, 0.05) is 16.7 Å². The van der Waals surface area contributed by atoms with Crippen LogP contribution in [-0.4, -0.2) is 18.5 Å². The summed E-state index contributed by atoms with van der Waals surface area (Å²) in [4.78, 5) is 2.26. The molecule has 0 aromatic heterocycles. The summed E-state index contributed by atoms with van der Waals surface area (Å²) in [5.41, 5.74) is 2.45. The molecule has 0 atom stereocenters.